The van der Waals surface area contributed by atoms with Gasteiger partial charge in [-0.25, -0.2) is 0 Å². The molecule has 0 bridgehead atoms. The minimum atomic E-state index is -0.269. The van der Waals surface area contributed by atoms with E-state index in [1.54, 1.807) is 6.07 Å². The van der Waals surface area contributed by atoms with Crippen molar-refractivity contribution >= 4 is 5.97 Å². The van der Waals surface area contributed by atoms with Crippen LogP contribution in [-0.2, 0) is 11.2 Å². The fourth-order valence-electron chi connectivity index (χ4n) is 1.46. The van der Waals surface area contributed by atoms with Crippen molar-refractivity contribution in [3.63, 3.8) is 0 Å². The number of phenolic OH excluding ortho intramolecular Hbond substituents is 1. The maximum Gasteiger partial charge on any atom is 0.314 e. The summed E-state index contributed by atoms with van der Waals surface area (Å²) in [7, 11) is 0. The number of fused-ring (bicyclic) bond motifs is 1. The second-order valence-electron chi connectivity index (χ2n) is 3.29. The quantitative estimate of drug-likeness (QED) is 0.483. The number of hydrogen-bond acceptors (Lipinski definition) is 3. The molecule has 0 aromatic heterocycles. The van der Waals surface area contributed by atoms with Crippen molar-refractivity contribution in [2.45, 2.75) is 13.3 Å². The molecule has 0 saturated heterocycles. The molecule has 13 heavy (non-hydrogen) atoms. The number of aromatic hydroxyl groups is 1. The first-order chi connectivity index (χ1) is 6.18. The average Bonchev–Trinajstić information content (AvgIpc) is 2.09. The second-order valence-corrected chi connectivity index (χ2v) is 3.29. The lowest BCUT2D eigenvalue weighted by molar-refractivity contribution is -0.139. The molecule has 0 aliphatic carbocycles. The zero-order valence-corrected chi connectivity index (χ0v) is 7.28. The van der Waals surface area contributed by atoms with Crippen LogP contribution in [0, 0.1) is 5.92 Å². The molecule has 1 unspecified atom stereocenters. The number of carbonyl (C=O) groups excluding carboxylic acids is 1. The third-order valence-electron chi connectivity index (χ3n) is 2.21. The van der Waals surface area contributed by atoms with E-state index in [1.165, 1.54) is 6.07 Å². The van der Waals surface area contributed by atoms with Crippen LogP contribution in [0.2, 0.25) is 0 Å². The first-order valence-corrected chi connectivity index (χ1v) is 4.21. The average molecular weight is 178 g/mol. The summed E-state index contributed by atoms with van der Waals surface area (Å²) in [6, 6.07) is 5.13. The van der Waals surface area contributed by atoms with Crippen LogP contribution in [0.25, 0.3) is 0 Å². The Morgan fingerprint density at radius 1 is 1.54 bits per heavy atom. The zero-order chi connectivity index (χ0) is 9.42. The third kappa shape index (κ3) is 1.26. The first kappa shape index (κ1) is 8.10. The molecule has 1 aromatic rings. The van der Waals surface area contributed by atoms with Crippen molar-refractivity contribution in [2.24, 2.45) is 5.92 Å². The van der Waals surface area contributed by atoms with Crippen LogP contribution in [0.5, 0.6) is 11.5 Å². The molecule has 0 spiro atoms. The predicted molar refractivity (Wildman–Crippen MR) is 46.6 cm³/mol. The van der Waals surface area contributed by atoms with Gasteiger partial charge >= 0.3 is 5.97 Å². The van der Waals surface area contributed by atoms with Crippen molar-refractivity contribution in [1.29, 1.82) is 0 Å². The van der Waals surface area contributed by atoms with Gasteiger partial charge in [0.1, 0.15) is 0 Å². The van der Waals surface area contributed by atoms with E-state index in [2.05, 4.69) is 0 Å². The molecule has 1 N–H and O–H groups in total. The maximum absolute atomic E-state index is 11.2. The Labute approximate surface area is 76.0 Å². The Balaban J connectivity index is 2.48. The molecular weight excluding hydrogens is 168 g/mol. The Morgan fingerprint density at radius 3 is 3.08 bits per heavy atom. The van der Waals surface area contributed by atoms with Gasteiger partial charge < -0.3 is 9.84 Å². The van der Waals surface area contributed by atoms with E-state index >= 15 is 0 Å². The summed E-state index contributed by atoms with van der Waals surface area (Å²) < 4.78 is 4.99. The van der Waals surface area contributed by atoms with E-state index in [0.717, 1.165) is 5.56 Å². The van der Waals surface area contributed by atoms with Gasteiger partial charge in [0, 0.05) is 0 Å². The van der Waals surface area contributed by atoms with Gasteiger partial charge in [0.2, 0.25) is 0 Å². The summed E-state index contributed by atoms with van der Waals surface area (Å²) in [6.45, 7) is 1.81. The molecule has 0 saturated carbocycles. The lowest BCUT2D eigenvalue weighted by Gasteiger charge is -2.20. The number of esters is 1. The lowest BCUT2D eigenvalue weighted by atomic mass is 9.97. The van der Waals surface area contributed by atoms with Crippen molar-refractivity contribution < 1.29 is 14.6 Å². The lowest BCUT2D eigenvalue weighted by Crippen LogP contribution is -2.25. The van der Waals surface area contributed by atoms with Gasteiger partial charge in [-0.05, 0) is 18.1 Å². The van der Waals surface area contributed by atoms with Gasteiger partial charge in [0.15, 0.2) is 11.5 Å². The highest BCUT2D eigenvalue weighted by Gasteiger charge is 2.26. The Hall–Kier alpha value is -1.51. The molecule has 0 fully saturated rings. The molecule has 0 radical (unpaired) electrons. The number of phenols is 1. The normalized spacial score (nSPS) is 20.7. The summed E-state index contributed by atoms with van der Waals surface area (Å²) in [5.74, 6) is -0.0216. The highest BCUT2D eigenvalue weighted by molar-refractivity contribution is 5.78. The van der Waals surface area contributed by atoms with Crippen LogP contribution >= 0.6 is 0 Å². The third-order valence-corrected chi connectivity index (χ3v) is 2.21. The monoisotopic (exact) mass is 178 g/mol. The molecule has 1 aliphatic heterocycles. The number of carbonyl (C=O) groups is 1. The predicted octanol–water partition coefficient (Wildman–Crippen LogP) is 1.49. The van der Waals surface area contributed by atoms with Crippen LogP contribution in [0.4, 0.5) is 0 Å². The van der Waals surface area contributed by atoms with Crippen molar-refractivity contribution in [3.8, 4) is 11.5 Å². The van der Waals surface area contributed by atoms with Crippen LogP contribution < -0.4 is 4.74 Å². The van der Waals surface area contributed by atoms with Gasteiger partial charge in [0.05, 0.1) is 5.92 Å². The number of para-hydroxylation sites is 1. The van der Waals surface area contributed by atoms with E-state index in [9.17, 15) is 9.90 Å². The second kappa shape index (κ2) is 2.76. The maximum atomic E-state index is 11.2. The fraction of sp³-hybridized carbons (Fsp3) is 0.300. The van der Waals surface area contributed by atoms with Gasteiger partial charge in [-0.2, -0.15) is 0 Å². The molecule has 0 amide bonds. The molecular formula is C10H10O3. The van der Waals surface area contributed by atoms with Gasteiger partial charge in [-0.15, -0.1) is 0 Å². The van der Waals surface area contributed by atoms with E-state index in [4.69, 9.17) is 4.74 Å². The van der Waals surface area contributed by atoms with E-state index in [1.807, 2.05) is 13.0 Å². The Kier molecular flexibility index (Phi) is 1.72. The number of benzene rings is 1. The largest absolute Gasteiger partial charge is 0.504 e. The summed E-state index contributed by atoms with van der Waals surface area (Å²) in [4.78, 5) is 11.2. The van der Waals surface area contributed by atoms with Crippen LogP contribution in [0.1, 0.15) is 12.5 Å². The molecule has 1 atom stereocenters. The molecule has 1 aromatic carbocycles. The zero-order valence-electron chi connectivity index (χ0n) is 7.28. The first-order valence-electron chi connectivity index (χ1n) is 4.21. The Bertz CT molecular complexity index is 357. The topological polar surface area (TPSA) is 46.5 Å². The van der Waals surface area contributed by atoms with Crippen molar-refractivity contribution in [2.75, 3.05) is 0 Å². The number of rotatable bonds is 0. The fourth-order valence-corrected chi connectivity index (χ4v) is 1.46. The highest BCUT2D eigenvalue weighted by atomic mass is 16.5. The molecule has 1 heterocycles. The molecule has 1 aliphatic rings. The van der Waals surface area contributed by atoms with E-state index in [-0.39, 0.29) is 17.6 Å². The minimum absolute atomic E-state index is 0.0396. The summed E-state index contributed by atoms with van der Waals surface area (Å²) in [5.41, 5.74) is 0.895. The van der Waals surface area contributed by atoms with Crippen LogP contribution in [0.3, 0.4) is 0 Å². The van der Waals surface area contributed by atoms with E-state index < -0.39 is 0 Å². The minimum Gasteiger partial charge on any atom is -0.504 e. The smallest absolute Gasteiger partial charge is 0.314 e. The summed E-state index contributed by atoms with van der Waals surface area (Å²) >= 11 is 0. The SMILES string of the molecule is CC1Cc2cccc(O)c2OC1=O. The van der Waals surface area contributed by atoms with Crippen molar-refractivity contribution in [3.05, 3.63) is 23.8 Å². The standard InChI is InChI=1S/C10H10O3/c1-6-5-7-3-2-4-8(11)9(7)13-10(6)12/h2-4,6,11H,5H2,1H3. The highest BCUT2D eigenvalue weighted by Crippen LogP contribution is 2.35. The van der Waals surface area contributed by atoms with Gasteiger partial charge in [-0.1, -0.05) is 19.1 Å². The van der Waals surface area contributed by atoms with Gasteiger partial charge in [-0.3, -0.25) is 4.79 Å². The summed E-state index contributed by atoms with van der Waals surface area (Å²) in [6.07, 6.45) is 0.641. The molecule has 3 nitrogen and oxygen atoms in total. The van der Waals surface area contributed by atoms with E-state index in [0.29, 0.717) is 12.2 Å². The molecule has 68 valence electrons. The van der Waals surface area contributed by atoms with Crippen LogP contribution in [-0.4, -0.2) is 11.1 Å². The van der Waals surface area contributed by atoms with Crippen LogP contribution in [0.15, 0.2) is 18.2 Å². The molecule has 2 rings (SSSR count). The number of ether oxygens (including phenoxy) is 1. The Morgan fingerprint density at radius 2 is 2.31 bits per heavy atom. The summed E-state index contributed by atoms with van der Waals surface area (Å²) in [5, 5.41) is 9.38. The van der Waals surface area contributed by atoms with Crippen molar-refractivity contribution in [1.82, 2.24) is 0 Å². The number of hydrogen-bond donors (Lipinski definition) is 1. The molecule has 3 heteroatoms. The van der Waals surface area contributed by atoms with Gasteiger partial charge in [0.25, 0.3) is 0 Å².